The predicted octanol–water partition coefficient (Wildman–Crippen LogP) is 6.67. The van der Waals surface area contributed by atoms with Crippen LogP contribution in [0.1, 0.15) is 56.5 Å². The topological polar surface area (TPSA) is 138 Å². The highest BCUT2D eigenvalue weighted by Crippen LogP contribution is 2.66. The lowest BCUT2D eigenvalue weighted by Crippen LogP contribution is -2.47. The smallest absolute Gasteiger partial charge is 0.418 e. The van der Waals surface area contributed by atoms with Crippen molar-refractivity contribution >= 4 is 49.0 Å². The van der Waals surface area contributed by atoms with Crippen LogP contribution >= 0.6 is 11.8 Å². The van der Waals surface area contributed by atoms with E-state index in [2.05, 4.69) is 29.6 Å². The number of aliphatic carboxylic acids is 1. The maximum absolute atomic E-state index is 15.5. The Labute approximate surface area is 266 Å². The number of thioether (sulfide) groups is 1. The van der Waals surface area contributed by atoms with E-state index in [1.807, 2.05) is 6.07 Å². The van der Waals surface area contributed by atoms with E-state index in [4.69, 9.17) is 19.7 Å². The maximum Gasteiger partial charge on any atom is 0.418 e. The van der Waals surface area contributed by atoms with Gasteiger partial charge in [-0.25, -0.2) is 19.1 Å². The lowest BCUT2D eigenvalue weighted by molar-refractivity contribution is -0.137. The number of carboxylic acids is 1. The van der Waals surface area contributed by atoms with Crippen molar-refractivity contribution < 1.29 is 33.0 Å². The molecular weight excluding hydrogens is 621 g/mol. The van der Waals surface area contributed by atoms with Crippen molar-refractivity contribution in [2.75, 3.05) is 13.3 Å². The second-order valence-electron chi connectivity index (χ2n) is 13.5. The van der Waals surface area contributed by atoms with Gasteiger partial charge in [-0.15, -0.1) is 0 Å². The minimum absolute atomic E-state index is 0.0178. The third kappa shape index (κ3) is 7.77. The van der Waals surface area contributed by atoms with E-state index in [1.54, 1.807) is 27.7 Å². The van der Waals surface area contributed by atoms with Crippen molar-refractivity contribution in [1.29, 1.82) is 5.26 Å². The molecule has 1 fully saturated rings. The molecule has 240 valence electrons. The first kappa shape index (κ1) is 34.2. The molecule has 3 heterocycles. The first-order valence-corrected chi connectivity index (χ1v) is 18.9. The van der Waals surface area contributed by atoms with Crippen molar-refractivity contribution in [3.05, 3.63) is 58.9 Å². The Morgan fingerprint density at radius 3 is 2.56 bits per heavy atom. The Morgan fingerprint density at radius 2 is 1.98 bits per heavy atom. The van der Waals surface area contributed by atoms with Crippen LogP contribution in [0.15, 0.2) is 35.6 Å². The molecule has 0 saturated heterocycles. The number of nitrogens with zero attached hydrogens (tertiary/aromatic N) is 5. The summed E-state index contributed by atoms with van der Waals surface area (Å²) in [6.45, 7) is 13.4. The summed E-state index contributed by atoms with van der Waals surface area (Å²) in [6, 6.07) is 6.89. The van der Waals surface area contributed by atoms with Crippen molar-refractivity contribution in [3.8, 4) is 6.07 Å². The second-order valence-corrected chi connectivity index (χ2v) is 20.4. The second kappa shape index (κ2) is 12.6. The number of nitriles is 1. The van der Waals surface area contributed by atoms with Crippen LogP contribution in [0.4, 0.5) is 13.6 Å². The van der Waals surface area contributed by atoms with E-state index in [1.165, 1.54) is 24.4 Å². The van der Waals surface area contributed by atoms with Gasteiger partial charge >= 0.3 is 12.1 Å². The first-order valence-electron chi connectivity index (χ1n) is 14.4. The van der Waals surface area contributed by atoms with Gasteiger partial charge in [-0.3, -0.25) is 14.8 Å². The summed E-state index contributed by atoms with van der Waals surface area (Å²) < 4.78 is 40.7. The Kier molecular flexibility index (Phi) is 9.59. The number of carbonyl (C=O) groups is 2. The largest absolute Gasteiger partial charge is 0.480 e. The van der Waals surface area contributed by atoms with Crippen LogP contribution in [0.2, 0.25) is 25.7 Å². The lowest BCUT2D eigenvalue weighted by atomic mass is 9.86. The number of halogens is 2. The molecule has 2 aromatic rings. The highest BCUT2D eigenvalue weighted by Gasteiger charge is 2.72. The maximum atomic E-state index is 15.5. The molecular formula is C31H37F2N5O5SSi. The van der Waals surface area contributed by atoms with Gasteiger partial charge in [0.25, 0.3) is 0 Å². The van der Waals surface area contributed by atoms with E-state index < -0.39 is 53.7 Å². The molecule has 2 aromatic heterocycles. The summed E-state index contributed by atoms with van der Waals surface area (Å²) in [5.74, 6) is -3.42. The number of hydrogen-bond acceptors (Lipinski definition) is 9. The number of pyridine rings is 2. The summed E-state index contributed by atoms with van der Waals surface area (Å²) in [7, 11) is -1.45. The van der Waals surface area contributed by atoms with Crippen LogP contribution in [0.3, 0.4) is 0 Å². The van der Waals surface area contributed by atoms with Gasteiger partial charge in [0.2, 0.25) is 5.95 Å². The molecule has 1 N–H and O–H groups in total. The first-order chi connectivity index (χ1) is 20.9. The van der Waals surface area contributed by atoms with Crippen LogP contribution in [0.25, 0.3) is 11.9 Å². The summed E-state index contributed by atoms with van der Waals surface area (Å²) in [6.07, 6.45) is 2.86. The molecule has 0 aromatic carbocycles. The molecule has 0 bridgehead atoms. The molecule has 10 nitrogen and oxygen atoms in total. The van der Waals surface area contributed by atoms with Gasteiger partial charge < -0.3 is 14.6 Å². The van der Waals surface area contributed by atoms with Gasteiger partial charge in [-0.1, -0.05) is 31.4 Å². The summed E-state index contributed by atoms with van der Waals surface area (Å²) in [5.41, 5.74) is -1.98. The standard InChI is InChI=1S/C31H37F2N5O5SSi/c1-29(2,3)43-28(41)38(18-42-10-11-45(5,6)7)27-37-30(4,24-14-31(24,44-27)26(39)40)21-12-20(17-36-25(21)33)13-22(32)23-9-8-19(15-34)16-35-23/h8-9,12-13,16-17,24H,10-11,14,18H2,1-7H3,(H,39,40)/b22-13-. The van der Waals surface area contributed by atoms with E-state index >= 15 is 8.78 Å². The van der Waals surface area contributed by atoms with Crippen LogP contribution in [-0.4, -0.2) is 69.0 Å². The monoisotopic (exact) mass is 657 g/mol. The molecule has 3 unspecified atom stereocenters. The Bertz CT molecular complexity index is 1580. The SMILES string of the molecule is CC(C)(C)OC(=O)N(COCC[Si](C)(C)C)C1=NC(C)(c2cc(/C=C(\F)c3ccc(C#N)cn3)cnc2F)C2CC2(C(=O)O)S1. The number of carboxylic acid groups (broad SMARTS) is 1. The van der Waals surface area contributed by atoms with Gasteiger partial charge in [0.15, 0.2) is 5.17 Å². The zero-order chi connectivity index (χ0) is 33.4. The number of amides is 1. The molecule has 2 aliphatic rings. The van der Waals surface area contributed by atoms with Crippen molar-refractivity contribution in [3.63, 3.8) is 0 Å². The van der Waals surface area contributed by atoms with Gasteiger partial charge in [0.05, 0.1) is 16.8 Å². The van der Waals surface area contributed by atoms with Crippen LogP contribution in [-0.2, 0) is 19.8 Å². The number of rotatable bonds is 9. The average molecular weight is 658 g/mol. The van der Waals surface area contributed by atoms with Crippen LogP contribution < -0.4 is 0 Å². The minimum atomic E-state index is -1.48. The Balaban J connectivity index is 1.76. The highest BCUT2D eigenvalue weighted by molar-refractivity contribution is 8.15. The van der Waals surface area contributed by atoms with Crippen molar-refractivity contribution in [2.24, 2.45) is 10.9 Å². The Morgan fingerprint density at radius 1 is 1.27 bits per heavy atom. The molecule has 1 aliphatic carbocycles. The number of fused-ring (bicyclic) bond motifs is 1. The average Bonchev–Trinajstić information content (AvgIpc) is 3.70. The highest BCUT2D eigenvalue weighted by atomic mass is 32.2. The number of aromatic nitrogens is 2. The van der Waals surface area contributed by atoms with Crippen molar-refractivity contribution in [1.82, 2.24) is 14.9 Å². The quantitative estimate of drug-likeness (QED) is 0.136. The lowest BCUT2D eigenvalue weighted by Gasteiger charge is -2.37. The summed E-state index contributed by atoms with van der Waals surface area (Å²) >= 11 is 0.918. The molecule has 3 atom stereocenters. The predicted molar refractivity (Wildman–Crippen MR) is 170 cm³/mol. The van der Waals surface area contributed by atoms with E-state index in [0.717, 1.165) is 35.0 Å². The third-order valence-electron chi connectivity index (χ3n) is 7.45. The van der Waals surface area contributed by atoms with E-state index in [9.17, 15) is 14.7 Å². The molecule has 0 radical (unpaired) electrons. The van der Waals surface area contributed by atoms with Crippen LogP contribution in [0, 0.1) is 23.2 Å². The number of hydrogen-bond donors (Lipinski definition) is 1. The molecule has 1 saturated carbocycles. The number of amidine groups is 1. The van der Waals surface area contributed by atoms with E-state index in [0.29, 0.717) is 6.61 Å². The third-order valence-corrected chi connectivity index (χ3v) is 10.6. The minimum Gasteiger partial charge on any atom is -0.480 e. The molecule has 14 heteroatoms. The van der Waals surface area contributed by atoms with Gasteiger partial charge in [-0.05, 0) is 70.0 Å². The van der Waals surface area contributed by atoms with Crippen molar-refractivity contribution in [2.45, 2.75) is 75.7 Å². The molecule has 0 spiro atoms. The fourth-order valence-electron chi connectivity index (χ4n) is 4.87. The van der Waals surface area contributed by atoms with Gasteiger partial charge in [0, 0.05) is 38.6 Å². The fraction of sp³-hybridized carbons (Fsp3) is 0.484. The van der Waals surface area contributed by atoms with E-state index in [-0.39, 0.29) is 40.7 Å². The zero-order valence-electron chi connectivity index (χ0n) is 26.4. The van der Waals surface area contributed by atoms with Gasteiger partial charge in [0.1, 0.15) is 29.0 Å². The summed E-state index contributed by atoms with van der Waals surface area (Å²) in [4.78, 5) is 39.8. The molecule has 1 amide bonds. The number of ether oxygens (including phenoxy) is 2. The number of carbonyl (C=O) groups excluding carboxylic acids is 1. The fourth-order valence-corrected chi connectivity index (χ4v) is 7.14. The Hall–Kier alpha value is -3.67. The molecule has 4 rings (SSSR count). The number of aliphatic imine (C=N–C) groups is 1. The summed E-state index contributed by atoms with van der Waals surface area (Å²) in [5, 5.41) is 19.3. The normalized spacial score (nSPS) is 23.0. The van der Waals surface area contributed by atoms with Crippen LogP contribution in [0.5, 0.6) is 0 Å². The molecule has 1 aliphatic heterocycles. The van der Waals surface area contributed by atoms with Gasteiger partial charge in [-0.2, -0.15) is 9.65 Å². The zero-order valence-corrected chi connectivity index (χ0v) is 28.2. The molecule has 45 heavy (non-hydrogen) atoms.